The summed E-state index contributed by atoms with van der Waals surface area (Å²) in [6, 6.07) is 19.3. The number of pyridine rings is 1. The van der Waals surface area contributed by atoms with E-state index in [2.05, 4.69) is 10.3 Å². The van der Waals surface area contributed by atoms with Gasteiger partial charge in [0.05, 0.1) is 5.92 Å². The Hall–Kier alpha value is -3.51. The molecule has 1 atom stereocenters. The fourth-order valence-electron chi connectivity index (χ4n) is 2.67. The van der Waals surface area contributed by atoms with E-state index in [0.29, 0.717) is 16.8 Å². The van der Waals surface area contributed by atoms with Gasteiger partial charge in [-0.05, 0) is 35.4 Å². The molecule has 3 rings (SSSR count). The molecule has 1 unspecified atom stereocenters. The number of nitrogens with one attached hydrogen (secondary N) is 2. The topological polar surface area (TPSA) is 91.3 Å². The minimum absolute atomic E-state index is 0.243. The molecule has 2 amide bonds. The summed E-state index contributed by atoms with van der Waals surface area (Å²) in [6.45, 7) is 0. The second-order valence-corrected chi connectivity index (χ2v) is 5.63. The van der Waals surface area contributed by atoms with Crippen molar-refractivity contribution in [2.75, 3.05) is 5.32 Å². The largest absolute Gasteiger partial charge is 0.322 e. The molecule has 26 heavy (non-hydrogen) atoms. The van der Waals surface area contributed by atoms with Gasteiger partial charge in [0, 0.05) is 23.6 Å². The summed E-state index contributed by atoms with van der Waals surface area (Å²) >= 11 is 0. The molecule has 6 nitrogen and oxygen atoms in total. The van der Waals surface area contributed by atoms with Crippen LogP contribution in [0.3, 0.4) is 0 Å². The summed E-state index contributed by atoms with van der Waals surface area (Å²) in [5.74, 6) is -1.41. The van der Waals surface area contributed by atoms with E-state index in [1.165, 1.54) is 0 Å². The van der Waals surface area contributed by atoms with Gasteiger partial charge in [0.2, 0.25) is 0 Å². The van der Waals surface area contributed by atoms with Crippen LogP contribution < -0.4 is 10.8 Å². The maximum absolute atomic E-state index is 12.2. The van der Waals surface area contributed by atoms with Gasteiger partial charge >= 0.3 is 0 Å². The van der Waals surface area contributed by atoms with Gasteiger partial charge in [-0.3, -0.25) is 19.8 Å². The quantitative estimate of drug-likeness (QED) is 0.489. The summed E-state index contributed by atoms with van der Waals surface area (Å²) < 4.78 is 0. The Bertz CT molecular complexity index is 881. The number of anilines is 1. The number of hydroxylamine groups is 1. The van der Waals surface area contributed by atoms with E-state index in [0.717, 1.165) is 5.56 Å². The number of hydrogen-bond donors (Lipinski definition) is 3. The molecule has 0 radical (unpaired) electrons. The van der Waals surface area contributed by atoms with Gasteiger partial charge in [0.1, 0.15) is 0 Å². The highest BCUT2D eigenvalue weighted by Gasteiger charge is 2.22. The van der Waals surface area contributed by atoms with Crippen molar-refractivity contribution in [1.29, 1.82) is 0 Å². The van der Waals surface area contributed by atoms with Crippen LogP contribution in [0.4, 0.5) is 5.69 Å². The number of nitrogens with zero attached hydrogens (tertiary/aromatic N) is 1. The number of rotatable bonds is 5. The van der Waals surface area contributed by atoms with Gasteiger partial charge in [-0.25, -0.2) is 5.48 Å². The molecule has 0 fully saturated rings. The fourth-order valence-corrected chi connectivity index (χ4v) is 2.67. The Balaban J connectivity index is 1.81. The van der Waals surface area contributed by atoms with Crippen molar-refractivity contribution >= 4 is 17.5 Å². The highest BCUT2D eigenvalue weighted by molar-refractivity contribution is 6.04. The third-order valence-corrected chi connectivity index (χ3v) is 3.95. The lowest BCUT2D eigenvalue weighted by Crippen LogP contribution is -2.27. The smallest absolute Gasteiger partial charge is 0.255 e. The van der Waals surface area contributed by atoms with Gasteiger partial charge in [-0.15, -0.1) is 0 Å². The lowest BCUT2D eigenvalue weighted by molar-refractivity contribution is -0.129. The van der Waals surface area contributed by atoms with Crippen molar-refractivity contribution < 1.29 is 14.8 Å². The monoisotopic (exact) mass is 347 g/mol. The minimum Gasteiger partial charge on any atom is -0.322 e. The lowest BCUT2D eigenvalue weighted by atomic mass is 9.90. The van der Waals surface area contributed by atoms with Gasteiger partial charge in [-0.2, -0.15) is 0 Å². The zero-order chi connectivity index (χ0) is 18.4. The second-order valence-electron chi connectivity index (χ2n) is 5.63. The number of amides is 2. The van der Waals surface area contributed by atoms with Crippen molar-refractivity contribution in [2.45, 2.75) is 5.92 Å². The molecule has 1 heterocycles. The van der Waals surface area contributed by atoms with E-state index in [1.807, 2.05) is 30.3 Å². The fraction of sp³-hybridized carbons (Fsp3) is 0.0500. The maximum atomic E-state index is 12.2. The van der Waals surface area contributed by atoms with Crippen molar-refractivity contribution in [2.24, 2.45) is 0 Å². The first-order valence-electron chi connectivity index (χ1n) is 7.99. The summed E-state index contributed by atoms with van der Waals surface area (Å²) in [5, 5.41) is 11.9. The number of aromatic nitrogens is 1. The Kier molecular flexibility index (Phi) is 5.36. The minimum atomic E-state index is -0.647. The highest BCUT2D eigenvalue weighted by atomic mass is 16.5. The predicted octanol–water partition coefficient (Wildman–Crippen LogP) is 2.97. The number of carbonyl (C=O) groups is 2. The van der Waals surface area contributed by atoms with E-state index in [4.69, 9.17) is 5.21 Å². The van der Waals surface area contributed by atoms with Crippen LogP contribution in [-0.2, 0) is 4.79 Å². The molecular weight excluding hydrogens is 330 g/mol. The van der Waals surface area contributed by atoms with Crippen LogP contribution in [0.2, 0.25) is 0 Å². The third-order valence-electron chi connectivity index (χ3n) is 3.95. The SMILES string of the molecule is O=C(Nc1ccc(C(C(=O)NO)c2ccccc2)cc1)c1ccncc1. The standard InChI is InChI=1S/C20H17N3O3/c24-19(16-10-12-21-13-11-16)22-17-8-6-15(7-9-17)18(20(25)23-26)14-4-2-1-3-5-14/h1-13,18,26H,(H,22,24)(H,23,25). The summed E-state index contributed by atoms with van der Waals surface area (Å²) in [6.07, 6.45) is 3.10. The molecule has 0 aliphatic heterocycles. The van der Waals surface area contributed by atoms with Crippen molar-refractivity contribution in [1.82, 2.24) is 10.5 Å². The van der Waals surface area contributed by atoms with Crippen LogP contribution in [0.1, 0.15) is 27.4 Å². The zero-order valence-electron chi connectivity index (χ0n) is 13.8. The van der Waals surface area contributed by atoms with E-state index < -0.39 is 11.8 Å². The van der Waals surface area contributed by atoms with Gasteiger partial charge in [0.25, 0.3) is 11.8 Å². The first-order valence-corrected chi connectivity index (χ1v) is 7.99. The van der Waals surface area contributed by atoms with E-state index >= 15 is 0 Å². The van der Waals surface area contributed by atoms with Gasteiger partial charge in [0.15, 0.2) is 0 Å². The van der Waals surface area contributed by atoms with Crippen LogP contribution in [0.15, 0.2) is 79.1 Å². The van der Waals surface area contributed by atoms with E-state index in [9.17, 15) is 9.59 Å². The molecule has 0 saturated heterocycles. The summed E-state index contributed by atoms with van der Waals surface area (Å²) in [4.78, 5) is 28.2. The van der Waals surface area contributed by atoms with Crippen LogP contribution >= 0.6 is 0 Å². The molecule has 0 saturated carbocycles. The van der Waals surface area contributed by atoms with Crippen molar-refractivity contribution in [3.05, 3.63) is 95.8 Å². The first kappa shape index (κ1) is 17.3. The maximum Gasteiger partial charge on any atom is 0.255 e. The van der Waals surface area contributed by atoms with Crippen LogP contribution in [0.25, 0.3) is 0 Å². The molecule has 0 spiro atoms. The van der Waals surface area contributed by atoms with E-state index in [-0.39, 0.29) is 5.91 Å². The van der Waals surface area contributed by atoms with Gasteiger partial charge < -0.3 is 5.32 Å². The number of hydrogen-bond acceptors (Lipinski definition) is 4. The van der Waals surface area contributed by atoms with Crippen molar-refractivity contribution in [3.63, 3.8) is 0 Å². The molecule has 130 valence electrons. The molecule has 0 bridgehead atoms. The molecule has 3 aromatic rings. The van der Waals surface area contributed by atoms with Crippen LogP contribution in [-0.4, -0.2) is 22.0 Å². The van der Waals surface area contributed by atoms with Gasteiger partial charge in [-0.1, -0.05) is 42.5 Å². The molecule has 6 heteroatoms. The molecular formula is C20H17N3O3. The molecule has 2 aromatic carbocycles. The van der Waals surface area contributed by atoms with Crippen LogP contribution in [0, 0.1) is 0 Å². The normalized spacial score (nSPS) is 11.4. The number of carbonyl (C=O) groups excluding carboxylic acids is 2. The third kappa shape index (κ3) is 3.93. The van der Waals surface area contributed by atoms with E-state index in [1.54, 1.807) is 54.3 Å². The highest BCUT2D eigenvalue weighted by Crippen LogP contribution is 2.26. The molecule has 1 aromatic heterocycles. The zero-order valence-corrected chi connectivity index (χ0v) is 13.8. The average molecular weight is 347 g/mol. The second kappa shape index (κ2) is 8.04. The molecule has 0 aliphatic carbocycles. The van der Waals surface area contributed by atoms with Crippen molar-refractivity contribution in [3.8, 4) is 0 Å². The van der Waals surface area contributed by atoms with Crippen LogP contribution in [0.5, 0.6) is 0 Å². The lowest BCUT2D eigenvalue weighted by Gasteiger charge is -2.16. The Morgan fingerprint density at radius 3 is 2.08 bits per heavy atom. The Morgan fingerprint density at radius 1 is 0.846 bits per heavy atom. The Labute approximate surface area is 150 Å². The average Bonchev–Trinajstić information content (AvgIpc) is 2.71. The predicted molar refractivity (Wildman–Crippen MR) is 96.8 cm³/mol. The molecule has 0 aliphatic rings. The summed E-state index contributed by atoms with van der Waals surface area (Å²) in [7, 11) is 0. The molecule has 3 N–H and O–H groups in total. The summed E-state index contributed by atoms with van der Waals surface area (Å²) in [5.41, 5.74) is 4.28. The number of benzene rings is 2. The first-order chi connectivity index (χ1) is 12.7. The Morgan fingerprint density at radius 2 is 1.46 bits per heavy atom.